The van der Waals surface area contributed by atoms with E-state index in [1.54, 1.807) is 11.8 Å². The first-order chi connectivity index (χ1) is 7.10. The monoisotopic (exact) mass is 223 g/mol. The van der Waals surface area contributed by atoms with Crippen LogP contribution in [0.4, 0.5) is 0 Å². The van der Waals surface area contributed by atoms with E-state index in [-0.39, 0.29) is 11.5 Å². The van der Waals surface area contributed by atoms with Crippen LogP contribution < -0.4 is 5.73 Å². The second kappa shape index (κ2) is 3.72. The van der Waals surface area contributed by atoms with Crippen LogP contribution in [-0.2, 0) is 5.41 Å². The van der Waals surface area contributed by atoms with E-state index >= 15 is 0 Å². The molecule has 0 amide bonds. The molecule has 1 aromatic rings. The van der Waals surface area contributed by atoms with Crippen molar-refractivity contribution >= 4 is 11.8 Å². The molecule has 82 valence electrons. The van der Waals surface area contributed by atoms with Gasteiger partial charge < -0.3 is 10.8 Å². The number of phenolic OH excluding ortho intramolecular Hbond substituents is 1. The number of benzene rings is 1. The summed E-state index contributed by atoms with van der Waals surface area (Å²) in [6.45, 7) is 2.05. The minimum Gasteiger partial charge on any atom is -0.507 e. The van der Waals surface area contributed by atoms with Crippen LogP contribution in [0.3, 0.4) is 0 Å². The van der Waals surface area contributed by atoms with Gasteiger partial charge in [-0.3, -0.25) is 0 Å². The van der Waals surface area contributed by atoms with Gasteiger partial charge in [0.15, 0.2) is 0 Å². The molecule has 1 unspecified atom stereocenters. The number of hydrogen-bond donors (Lipinski definition) is 2. The van der Waals surface area contributed by atoms with Crippen LogP contribution >= 0.6 is 11.8 Å². The van der Waals surface area contributed by atoms with Crippen molar-refractivity contribution in [3.8, 4) is 5.75 Å². The molecule has 1 aliphatic rings. The van der Waals surface area contributed by atoms with Gasteiger partial charge in [-0.1, -0.05) is 6.07 Å². The van der Waals surface area contributed by atoms with Gasteiger partial charge in [-0.15, -0.1) is 11.8 Å². The first-order valence-electron chi connectivity index (χ1n) is 5.23. The number of nitrogens with two attached hydrogens (primary N) is 1. The second-order valence-corrected chi connectivity index (χ2v) is 5.18. The normalized spacial score (nSPS) is 19.9. The molecule has 15 heavy (non-hydrogen) atoms. The zero-order chi connectivity index (χ0) is 11.1. The van der Waals surface area contributed by atoms with Crippen LogP contribution in [0, 0.1) is 0 Å². The summed E-state index contributed by atoms with van der Waals surface area (Å²) < 4.78 is 0. The summed E-state index contributed by atoms with van der Waals surface area (Å²) in [5, 5.41) is 9.80. The Morgan fingerprint density at radius 3 is 2.53 bits per heavy atom. The van der Waals surface area contributed by atoms with E-state index in [2.05, 4.69) is 6.07 Å². The van der Waals surface area contributed by atoms with Gasteiger partial charge in [0.2, 0.25) is 0 Å². The van der Waals surface area contributed by atoms with Gasteiger partial charge in [0.25, 0.3) is 0 Å². The molecule has 2 nitrogen and oxygen atoms in total. The maximum absolute atomic E-state index is 9.80. The minimum absolute atomic E-state index is 0.133. The molecule has 0 saturated heterocycles. The highest BCUT2D eigenvalue weighted by Gasteiger charge is 2.47. The van der Waals surface area contributed by atoms with E-state index in [0.29, 0.717) is 5.75 Å². The highest BCUT2D eigenvalue weighted by Crippen LogP contribution is 2.51. The van der Waals surface area contributed by atoms with Crippen LogP contribution in [0.1, 0.15) is 25.3 Å². The van der Waals surface area contributed by atoms with Crippen molar-refractivity contribution in [3.63, 3.8) is 0 Å². The van der Waals surface area contributed by atoms with Gasteiger partial charge in [0.1, 0.15) is 5.75 Å². The molecule has 2 rings (SSSR count). The first kappa shape index (κ1) is 10.8. The highest BCUT2D eigenvalue weighted by atomic mass is 32.2. The van der Waals surface area contributed by atoms with Gasteiger partial charge in [-0.05, 0) is 43.7 Å². The Bertz CT molecular complexity index is 372. The summed E-state index contributed by atoms with van der Waals surface area (Å²) in [5.74, 6) is 0.381. The van der Waals surface area contributed by atoms with E-state index in [0.717, 1.165) is 17.7 Å². The minimum atomic E-state index is 0.133. The Labute approximate surface area is 94.9 Å². The lowest BCUT2D eigenvalue weighted by molar-refractivity contribution is 0.458. The largest absolute Gasteiger partial charge is 0.507 e. The number of rotatable bonds is 3. The number of phenols is 1. The van der Waals surface area contributed by atoms with Crippen molar-refractivity contribution in [2.45, 2.75) is 36.1 Å². The van der Waals surface area contributed by atoms with Crippen molar-refractivity contribution in [2.75, 3.05) is 6.26 Å². The molecule has 1 fully saturated rings. The molecule has 0 spiro atoms. The molecule has 1 atom stereocenters. The lowest BCUT2D eigenvalue weighted by atomic mass is 9.89. The number of aromatic hydroxyl groups is 1. The van der Waals surface area contributed by atoms with Gasteiger partial charge in [-0.25, -0.2) is 0 Å². The molecule has 0 heterocycles. The molecule has 0 aromatic heterocycles. The van der Waals surface area contributed by atoms with Crippen LogP contribution in [0.2, 0.25) is 0 Å². The molecule has 0 radical (unpaired) electrons. The average molecular weight is 223 g/mol. The molecule has 1 saturated carbocycles. The third kappa shape index (κ3) is 1.74. The molecular formula is C12H17NOS. The quantitative estimate of drug-likeness (QED) is 0.774. The number of thioether (sulfide) groups is 1. The summed E-state index contributed by atoms with van der Waals surface area (Å²) in [4.78, 5) is 0.930. The fourth-order valence-electron chi connectivity index (χ4n) is 2.14. The van der Waals surface area contributed by atoms with Crippen LogP contribution in [0.15, 0.2) is 23.1 Å². The van der Waals surface area contributed by atoms with E-state index in [1.165, 1.54) is 5.56 Å². The SMILES string of the molecule is CSc1ccc(C2(C(C)N)CC2)cc1O. The fraction of sp³-hybridized carbons (Fsp3) is 0.500. The van der Waals surface area contributed by atoms with Gasteiger partial charge in [0.05, 0.1) is 0 Å². The van der Waals surface area contributed by atoms with Gasteiger partial charge in [0, 0.05) is 16.4 Å². The van der Waals surface area contributed by atoms with Crippen molar-refractivity contribution in [3.05, 3.63) is 23.8 Å². The fourth-order valence-corrected chi connectivity index (χ4v) is 2.61. The molecule has 0 bridgehead atoms. The van der Waals surface area contributed by atoms with Crippen molar-refractivity contribution in [1.29, 1.82) is 0 Å². The molecule has 3 heteroatoms. The Hall–Kier alpha value is -0.670. The lowest BCUT2D eigenvalue weighted by Crippen LogP contribution is -2.31. The third-order valence-electron chi connectivity index (χ3n) is 3.41. The van der Waals surface area contributed by atoms with Crippen LogP contribution in [-0.4, -0.2) is 17.4 Å². The van der Waals surface area contributed by atoms with Gasteiger partial charge in [-0.2, -0.15) is 0 Å². The standard InChI is InChI=1S/C12H17NOS/c1-8(13)12(5-6-12)9-3-4-11(15-2)10(14)7-9/h3-4,7-8,14H,5-6,13H2,1-2H3. The summed E-state index contributed by atoms with van der Waals surface area (Å²) in [6, 6.07) is 6.12. The predicted molar refractivity (Wildman–Crippen MR) is 64.4 cm³/mol. The van der Waals surface area contributed by atoms with Gasteiger partial charge >= 0.3 is 0 Å². The van der Waals surface area contributed by atoms with Crippen LogP contribution in [0.5, 0.6) is 5.75 Å². The zero-order valence-corrected chi connectivity index (χ0v) is 9.97. The maximum Gasteiger partial charge on any atom is 0.129 e. The summed E-state index contributed by atoms with van der Waals surface area (Å²) in [5.41, 5.74) is 7.32. The molecule has 1 aliphatic carbocycles. The molecule has 1 aromatic carbocycles. The highest BCUT2D eigenvalue weighted by molar-refractivity contribution is 7.98. The maximum atomic E-state index is 9.80. The summed E-state index contributed by atoms with van der Waals surface area (Å²) in [6.07, 6.45) is 4.25. The Kier molecular flexibility index (Phi) is 2.69. The molecule has 3 N–H and O–H groups in total. The van der Waals surface area contributed by atoms with E-state index in [9.17, 15) is 5.11 Å². The van der Waals surface area contributed by atoms with Crippen molar-refractivity contribution in [2.24, 2.45) is 5.73 Å². The molecular weight excluding hydrogens is 206 g/mol. The second-order valence-electron chi connectivity index (χ2n) is 4.33. The van der Waals surface area contributed by atoms with Crippen molar-refractivity contribution in [1.82, 2.24) is 0 Å². The van der Waals surface area contributed by atoms with E-state index < -0.39 is 0 Å². The third-order valence-corrected chi connectivity index (χ3v) is 4.20. The van der Waals surface area contributed by atoms with E-state index in [4.69, 9.17) is 5.73 Å². The van der Waals surface area contributed by atoms with E-state index in [1.807, 2.05) is 25.3 Å². The van der Waals surface area contributed by atoms with Crippen LogP contribution in [0.25, 0.3) is 0 Å². The Morgan fingerprint density at radius 1 is 1.47 bits per heavy atom. The zero-order valence-electron chi connectivity index (χ0n) is 9.16. The topological polar surface area (TPSA) is 46.2 Å². The first-order valence-corrected chi connectivity index (χ1v) is 6.46. The number of hydrogen-bond acceptors (Lipinski definition) is 3. The summed E-state index contributed by atoms with van der Waals surface area (Å²) in [7, 11) is 0. The predicted octanol–water partition coefficient (Wildman–Crippen LogP) is 2.49. The lowest BCUT2D eigenvalue weighted by Gasteiger charge is -2.20. The van der Waals surface area contributed by atoms with Crippen molar-refractivity contribution < 1.29 is 5.11 Å². The average Bonchev–Trinajstić information content (AvgIpc) is 2.98. The Balaban J connectivity index is 2.35. The Morgan fingerprint density at radius 2 is 2.13 bits per heavy atom. The smallest absolute Gasteiger partial charge is 0.129 e. The summed E-state index contributed by atoms with van der Waals surface area (Å²) >= 11 is 1.56. The molecule has 0 aliphatic heterocycles.